The minimum atomic E-state index is -2.21. The Labute approximate surface area is 175 Å². The normalized spacial score (nSPS) is 29.9. The number of methoxy groups -OCH3 is 1. The Kier molecular flexibility index (Phi) is 8.66. The molecule has 0 aromatic rings. The lowest BCUT2D eigenvalue weighted by Gasteiger charge is -2.42. The molecule has 0 bridgehead atoms. The van der Waals surface area contributed by atoms with Crippen molar-refractivity contribution < 1.29 is 33.8 Å². The highest BCUT2D eigenvalue weighted by molar-refractivity contribution is 7.99. The zero-order chi connectivity index (χ0) is 21.6. The highest BCUT2D eigenvalue weighted by Crippen LogP contribution is 2.35. The number of esters is 1. The molecule has 0 aliphatic carbocycles. The summed E-state index contributed by atoms with van der Waals surface area (Å²) in [5, 5.41) is 11.0. The molecule has 2 heterocycles. The number of thioether (sulfide) groups is 1. The summed E-state index contributed by atoms with van der Waals surface area (Å²) in [5.74, 6) is -4.07. The van der Waals surface area contributed by atoms with Gasteiger partial charge in [0.1, 0.15) is 11.8 Å². The fourth-order valence-electron chi connectivity index (χ4n) is 3.81. The third-order valence-corrected chi connectivity index (χ3v) is 6.72. The highest BCUT2D eigenvalue weighted by Gasteiger charge is 2.52. The van der Waals surface area contributed by atoms with Gasteiger partial charge in [-0.1, -0.05) is 6.92 Å². The van der Waals surface area contributed by atoms with Gasteiger partial charge < -0.3 is 19.5 Å². The molecule has 0 aromatic carbocycles. The van der Waals surface area contributed by atoms with Crippen LogP contribution in [0.2, 0.25) is 0 Å². The summed E-state index contributed by atoms with van der Waals surface area (Å²) >= 11 is 1.48. The molecule has 2 fully saturated rings. The third-order valence-electron chi connectivity index (χ3n) is 5.58. The first-order valence-electron chi connectivity index (χ1n) is 10.1. The van der Waals surface area contributed by atoms with Crippen molar-refractivity contribution in [3.63, 3.8) is 0 Å². The van der Waals surface area contributed by atoms with Crippen molar-refractivity contribution in [2.45, 2.75) is 70.3 Å². The Morgan fingerprint density at radius 3 is 2.59 bits per heavy atom. The maximum absolute atomic E-state index is 13.0. The smallest absolute Gasteiger partial charge is 0.328 e. The van der Waals surface area contributed by atoms with Gasteiger partial charge in [0.25, 0.3) is 11.7 Å². The van der Waals surface area contributed by atoms with Gasteiger partial charge in [-0.25, -0.2) is 4.79 Å². The van der Waals surface area contributed by atoms with E-state index >= 15 is 0 Å². The van der Waals surface area contributed by atoms with Crippen LogP contribution in [0.15, 0.2) is 0 Å². The van der Waals surface area contributed by atoms with Gasteiger partial charge in [0.2, 0.25) is 5.79 Å². The number of carbonyl (C=O) groups is 4. The van der Waals surface area contributed by atoms with Crippen LogP contribution in [0, 0.1) is 5.92 Å². The molecule has 164 valence electrons. The van der Waals surface area contributed by atoms with E-state index < -0.39 is 35.4 Å². The number of piperidine rings is 1. The van der Waals surface area contributed by atoms with Gasteiger partial charge in [-0.2, -0.15) is 11.8 Å². The van der Waals surface area contributed by atoms with Crippen molar-refractivity contribution in [3.8, 4) is 0 Å². The van der Waals surface area contributed by atoms with E-state index in [2.05, 4.69) is 0 Å². The number of nitrogens with zero attached hydrogens (tertiary/aromatic N) is 1. The van der Waals surface area contributed by atoms with Crippen molar-refractivity contribution in [2.24, 2.45) is 5.92 Å². The molecule has 0 aromatic heterocycles. The Bertz CT molecular complexity index is 640. The molecule has 1 N–H and O–H groups in total. The van der Waals surface area contributed by atoms with E-state index in [4.69, 9.17) is 9.47 Å². The molecule has 9 heteroatoms. The predicted octanol–water partition coefficient (Wildman–Crippen LogP) is 1.33. The molecule has 2 aliphatic heterocycles. The topological polar surface area (TPSA) is 110 Å². The Hall–Kier alpha value is -1.45. The summed E-state index contributed by atoms with van der Waals surface area (Å²) in [6.45, 7) is 3.47. The van der Waals surface area contributed by atoms with Crippen molar-refractivity contribution in [1.29, 1.82) is 0 Å². The molecule has 1 amide bonds. The van der Waals surface area contributed by atoms with Crippen LogP contribution in [0.5, 0.6) is 0 Å². The van der Waals surface area contributed by atoms with E-state index in [1.54, 1.807) is 6.92 Å². The second-order valence-electron chi connectivity index (χ2n) is 7.82. The molecule has 2 aliphatic rings. The summed E-state index contributed by atoms with van der Waals surface area (Å²) in [7, 11) is 1.25. The number of ketones is 2. The maximum atomic E-state index is 13.0. The number of amides is 1. The number of aliphatic hydroxyl groups is 1. The van der Waals surface area contributed by atoms with Gasteiger partial charge in [-0.15, -0.1) is 0 Å². The minimum absolute atomic E-state index is 0.0900. The lowest BCUT2D eigenvalue weighted by molar-refractivity contribution is -0.262. The molecule has 2 rings (SSSR count). The van der Waals surface area contributed by atoms with E-state index in [1.807, 2.05) is 0 Å². The van der Waals surface area contributed by atoms with Crippen LogP contribution in [0.3, 0.4) is 0 Å². The van der Waals surface area contributed by atoms with E-state index in [0.717, 1.165) is 6.42 Å². The Morgan fingerprint density at radius 1 is 1.21 bits per heavy atom. The molecule has 0 radical (unpaired) electrons. The zero-order valence-corrected chi connectivity index (χ0v) is 18.2. The molecule has 8 nitrogen and oxygen atoms in total. The lowest BCUT2D eigenvalue weighted by Crippen LogP contribution is -2.60. The van der Waals surface area contributed by atoms with Gasteiger partial charge in [-0.05, 0) is 51.2 Å². The average molecular weight is 430 g/mol. The summed E-state index contributed by atoms with van der Waals surface area (Å²) in [6.07, 6.45) is 3.27. The molecule has 0 saturated carbocycles. The zero-order valence-electron chi connectivity index (χ0n) is 17.3. The highest BCUT2D eigenvalue weighted by atomic mass is 32.2. The van der Waals surface area contributed by atoms with Gasteiger partial charge in [-0.3, -0.25) is 14.4 Å². The first kappa shape index (κ1) is 23.8. The minimum Gasteiger partial charge on any atom is -0.467 e. The number of ether oxygens (including phenoxy) is 2. The van der Waals surface area contributed by atoms with Crippen LogP contribution in [-0.4, -0.2) is 76.5 Å². The second-order valence-corrected chi connectivity index (χ2v) is 8.93. The maximum Gasteiger partial charge on any atom is 0.328 e. The summed E-state index contributed by atoms with van der Waals surface area (Å²) < 4.78 is 10.5. The van der Waals surface area contributed by atoms with E-state index in [9.17, 15) is 24.3 Å². The Balaban J connectivity index is 2.06. The summed E-state index contributed by atoms with van der Waals surface area (Å²) in [5.41, 5.74) is 0. The molecule has 0 unspecified atom stereocenters. The standard InChI is InChI=1S/C20H31NO7S/c1-13-7-8-15(9-11-29-12-14(2)22)28-20(13,26)17(23)18(24)21-10-5-4-6-16(21)19(25)27-3/h13,15-16,26H,4-12H2,1-3H3/t13-,15+,16+,20-/m1/s1. The van der Waals surface area contributed by atoms with Crippen molar-refractivity contribution in [3.05, 3.63) is 0 Å². The largest absolute Gasteiger partial charge is 0.467 e. The van der Waals surface area contributed by atoms with Gasteiger partial charge in [0.05, 0.1) is 19.0 Å². The fraction of sp³-hybridized carbons (Fsp3) is 0.800. The number of hydrogen-bond acceptors (Lipinski definition) is 8. The first-order valence-corrected chi connectivity index (χ1v) is 11.3. The predicted molar refractivity (Wildman–Crippen MR) is 107 cm³/mol. The van der Waals surface area contributed by atoms with E-state index in [1.165, 1.54) is 30.7 Å². The third kappa shape index (κ3) is 5.79. The van der Waals surface area contributed by atoms with Crippen molar-refractivity contribution in [2.75, 3.05) is 25.2 Å². The van der Waals surface area contributed by atoms with Crippen LogP contribution >= 0.6 is 11.8 Å². The van der Waals surface area contributed by atoms with Crippen molar-refractivity contribution in [1.82, 2.24) is 4.90 Å². The van der Waals surface area contributed by atoms with Gasteiger partial charge >= 0.3 is 5.97 Å². The summed E-state index contributed by atoms with van der Waals surface area (Å²) in [6, 6.07) is -0.813. The van der Waals surface area contributed by atoms with Gasteiger partial charge in [0.15, 0.2) is 0 Å². The number of likely N-dealkylation sites (tertiary alicyclic amines) is 1. The first-order chi connectivity index (χ1) is 13.7. The molecule has 29 heavy (non-hydrogen) atoms. The van der Waals surface area contributed by atoms with Crippen LogP contribution in [0.25, 0.3) is 0 Å². The monoisotopic (exact) mass is 429 g/mol. The summed E-state index contributed by atoms with van der Waals surface area (Å²) in [4.78, 5) is 50.2. The lowest BCUT2D eigenvalue weighted by atomic mass is 9.86. The number of carbonyl (C=O) groups excluding carboxylic acids is 4. The average Bonchev–Trinajstić information content (AvgIpc) is 2.71. The molecule has 2 saturated heterocycles. The van der Waals surface area contributed by atoms with Crippen molar-refractivity contribution >= 4 is 35.2 Å². The Morgan fingerprint density at radius 2 is 1.93 bits per heavy atom. The van der Waals surface area contributed by atoms with Crippen LogP contribution in [0.1, 0.15) is 52.4 Å². The second kappa shape index (κ2) is 10.5. The number of Topliss-reactive ketones (excluding diaryl/α,β-unsaturated/α-hetero) is 2. The van der Waals surface area contributed by atoms with Gasteiger partial charge in [0, 0.05) is 12.5 Å². The van der Waals surface area contributed by atoms with Crippen LogP contribution in [0.4, 0.5) is 0 Å². The van der Waals surface area contributed by atoms with Crippen LogP contribution < -0.4 is 0 Å². The van der Waals surface area contributed by atoms with E-state index in [-0.39, 0.29) is 18.4 Å². The fourth-order valence-corrected chi connectivity index (χ4v) is 4.67. The SMILES string of the molecule is COC(=O)[C@@H]1CCCCN1C(=O)C(=O)[C@]1(O)O[C@H](CCSCC(C)=O)CC[C@H]1C. The van der Waals surface area contributed by atoms with Crippen LogP contribution in [-0.2, 0) is 28.7 Å². The quantitative estimate of drug-likeness (QED) is 0.350. The molecular weight excluding hydrogens is 398 g/mol. The van der Waals surface area contributed by atoms with E-state index in [0.29, 0.717) is 43.6 Å². The number of rotatable bonds is 8. The molecule has 0 spiro atoms. The molecule has 4 atom stereocenters. The molecular formula is C20H31NO7S. The number of hydrogen-bond donors (Lipinski definition) is 1.